The minimum absolute atomic E-state index is 0.00732. The number of nitrogens with two attached hydrogens (primary N) is 1. The molecule has 1 rings (SSSR count). The van der Waals surface area contributed by atoms with Crippen LogP contribution in [0.2, 0.25) is 0 Å². The minimum Gasteiger partial charge on any atom is -0.394 e. The molecule has 3 nitrogen and oxygen atoms in total. The van der Waals surface area contributed by atoms with Crippen LogP contribution in [-0.2, 0) is 0 Å². The summed E-state index contributed by atoms with van der Waals surface area (Å²) in [6, 6.07) is 3.74. The molecule has 1 aromatic rings. The first-order valence-electron chi connectivity index (χ1n) is 3.78. The summed E-state index contributed by atoms with van der Waals surface area (Å²) >= 11 is 1.61. The summed E-state index contributed by atoms with van der Waals surface area (Å²) in [6.07, 6.45) is 0. The first-order valence-corrected chi connectivity index (χ1v) is 4.60. The predicted molar refractivity (Wildman–Crippen MR) is 52.7 cm³/mol. The number of thiophene rings is 1. The molecule has 1 atom stereocenters. The molecule has 0 saturated carbocycles. The van der Waals surface area contributed by atoms with E-state index in [1.807, 2.05) is 31.1 Å². The van der Waals surface area contributed by atoms with E-state index in [9.17, 15) is 0 Å². The number of hydrogen-bond acceptors (Lipinski definition) is 4. The monoisotopic (exact) mass is 186 g/mol. The average molecular weight is 186 g/mol. The van der Waals surface area contributed by atoms with Crippen molar-refractivity contribution in [1.29, 1.82) is 0 Å². The van der Waals surface area contributed by atoms with Gasteiger partial charge in [0, 0.05) is 19.0 Å². The van der Waals surface area contributed by atoms with Crippen LogP contribution in [0.4, 0.5) is 5.00 Å². The zero-order valence-corrected chi connectivity index (χ0v) is 8.14. The quantitative estimate of drug-likeness (QED) is 0.734. The third-order valence-electron chi connectivity index (χ3n) is 1.62. The maximum Gasteiger partial charge on any atom is 0.0906 e. The minimum atomic E-state index is -0.233. The van der Waals surface area contributed by atoms with Gasteiger partial charge < -0.3 is 15.7 Å². The molecule has 1 aromatic heterocycles. The Kier molecular flexibility index (Phi) is 3.08. The van der Waals surface area contributed by atoms with Crippen LogP contribution in [0.1, 0.15) is 10.9 Å². The van der Waals surface area contributed by atoms with Crippen LogP contribution >= 0.6 is 11.3 Å². The van der Waals surface area contributed by atoms with Gasteiger partial charge >= 0.3 is 0 Å². The summed E-state index contributed by atoms with van der Waals surface area (Å²) in [7, 11) is 3.97. The van der Waals surface area contributed by atoms with E-state index in [0.29, 0.717) is 0 Å². The highest BCUT2D eigenvalue weighted by molar-refractivity contribution is 7.16. The van der Waals surface area contributed by atoms with Gasteiger partial charge in [0.15, 0.2) is 0 Å². The SMILES string of the molecule is CN(C)c1ccc(C(N)CO)s1. The molecule has 1 unspecified atom stereocenters. The van der Waals surface area contributed by atoms with Gasteiger partial charge in [-0.05, 0) is 12.1 Å². The van der Waals surface area contributed by atoms with E-state index >= 15 is 0 Å². The number of aliphatic hydroxyl groups excluding tert-OH is 1. The van der Waals surface area contributed by atoms with Crippen molar-refractivity contribution in [2.45, 2.75) is 6.04 Å². The van der Waals surface area contributed by atoms with Crippen molar-refractivity contribution < 1.29 is 5.11 Å². The Labute approximate surface area is 76.4 Å². The zero-order valence-electron chi connectivity index (χ0n) is 7.32. The molecular formula is C8H14N2OS. The van der Waals surface area contributed by atoms with E-state index in [4.69, 9.17) is 10.8 Å². The molecule has 0 saturated heterocycles. The Morgan fingerprint density at radius 1 is 1.58 bits per heavy atom. The number of nitrogens with zero attached hydrogens (tertiary/aromatic N) is 1. The maximum atomic E-state index is 8.80. The summed E-state index contributed by atoms with van der Waals surface area (Å²) in [4.78, 5) is 3.05. The first kappa shape index (κ1) is 9.51. The molecule has 4 heteroatoms. The van der Waals surface area contributed by atoms with Crippen molar-refractivity contribution in [2.24, 2.45) is 5.73 Å². The van der Waals surface area contributed by atoms with Crippen LogP contribution in [0.3, 0.4) is 0 Å². The van der Waals surface area contributed by atoms with Crippen LogP contribution in [0.5, 0.6) is 0 Å². The lowest BCUT2D eigenvalue weighted by Crippen LogP contribution is -2.12. The van der Waals surface area contributed by atoms with Crippen LogP contribution in [0, 0.1) is 0 Å². The standard InChI is InChI=1S/C8H14N2OS/c1-10(2)8-4-3-7(12-8)6(9)5-11/h3-4,6,11H,5,9H2,1-2H3. The van der Waals surface area contributed by atoms with Crippen molar-refractivity contribution in [3.63, 3.8) is 0 Å². The average Bonchev–Trinajstić information content (AvgIpc) is 2.51. The van der Waals surface area contributed by atoms with Crippen LogP contribution in [0.15, 0.2) is 12.1 Å². The van der Waals surface area contributed by atoms with Gasteiger partial charge in [-0.15, -0.1) is 11.3 Å². The summed E-state index contributed by atoms with van der Waals surface area (Å²) in [5, 5.41) is 9.97. The molecule has 0 amide bonds. The van der Waals surface area contributed by atoms with Crippen LogP contribution in [-0.4, -0.2) is 25.8 Å². The predicted octanol–water partition coefficient (Wildman–Crippen LogP) is 0.806. The fraction of sp³-hybridized carbons (Fsp3) is 0.500. The van der Waals surface area contributed by atoms with Crippen molar-refractivity contribution in [1.82, 2.24) is 0 Å². The van der Waals surface area contributed by atoms with Gasteiger partial charge in [-0.25, -0.2) is 0 Å². The number of hydrogen-bond donors (Lipinski definition) is 2. The zero-order chi connectivity index (χ0) is 9.14. The highest BCUT2D eigenvalue weighted by atomic mass is 32.1. The Morgan fingerprint density at radius 3 is 2.67 bits per heavy atom. The number of anilines is 1. The third kappa shape index (κ3) is 1.97. The Hall–Kier alpha value is -0.580. The van der Waals surface area contributed by atoms with Gasteiger partial charge in [-0.1, -0.05) is 0 Å². The second-order valence-electron chi connectivity index (χ2n) is 2.86. The van der Waals surface area contributed by atoms with Gasteiger partial charge in [0.1, 0.15) is 0 Å². The van der Waals surface area contributed by atoms with Crippen molar-refractivity contribution >= 4 is 16.3 Å². The van der Waals surface area contributed by atoms with Crippen molar-refractivity contribution in [3.8, 4) is 0 Å². The molecule has 0 bridgehead atoms. The second-order valence-corrected chi connectivity index (χ2v) is 3.95. The largest absolute Gasteiger partial charge is 0.394 e. The number of aliphatic hydroxyl groups is 1. The molecule has 0 spiro atoms. The van der Waals surface area contributed by atoms with Gasteiger partial charge in [-0.2, -0.15) is 0 Å². The van der Waals surface area contributed by atoms with Gasteiger partial charge in [0.2, 0.25) is 0 Å². The van der Waals surface area contributed by atoms with E-state index < -0.39 is 0 Å². The van der Waals surface area contributed by atoms with E-state index in [1.165, 1.54) is 0 Å². The molecular weight excluding hydrogens is 172 g/mol. The Bertz CT molecular complexity index is 247. The van der Waals surface area contributed by atoms with Gasteiger partial charge in [0.05, 0.1) is 17.6 Å². The van der Waals surface area contributed by atoms with Crippen molar-refractivity contribution in [2.75, 3.05) is 25.6 Å². The lowest BCUT2D eigenvalue weighted by molar-refractivity contribution is 0.269. The van der Waals surface area contributed by atoms with Gasteiger partial charge in [0.25, 0.3) is 0 Å². The van der Waals surface area contributed by atoms with E-state index in [-0.39, 0.29) is 12.6 Å². The molecule has 0 aliphatic rings. The lowest BCUT2D eigenvalue weighted by Gasteiger charge is -2.08. The smallest absolute Gasteiger partial charge is 0.0906 e. The summed E-state index contributed by atoms with van der Waals surface area (Å²) in [5.74, 6) is 0. The van der Waals surface area contributed by atoms with Crippen LogP contribution in [0.25, 0.3) is 0 Å². The topological polar surface area (TPSA) is 49.5 Å². The van der Waals surface area contributed by atoms with Gasteiger partial charge in [-0.3, -0.25) is 0 Å². The second kappa shape index (κ2) is 3.89. The van der Waals surface area contributed by atoms with E-state index in [0.717, 1.165) is 9.88 Å². The summed E-state index contributed by atoms with van der Waals surface area (Å²) in [6.45, 7) is 0.00732. The number of rotatable bonds is 3. The lowest BCUT2D eigenvalue weighted by atomic mass is 10.3. The fourth-order valence-electron chi connectivity index (χ4n) is 0.872. The maximum absolute atomic E-state index is 8.80. The fourth-order valence-corrected chi connectivity index (χ4v) is 1.79. The molecule has 0 radical (unpaired) electrons. The molecule has 3 N–H and O–H groups in total. The molecule has 12 heavy (non-hydrogen) atoms. The van der Waals surface area contributed by atoms with Crippen molar-refractivity contribution in [3.05, 3.63) is 17.0 Å². The van der Waals surface area contributed by atoms with Crippen LogP contribution < -0.4 is 10.6 Å². The van der Waals surface area contributed by atoms with E-state index in [2.05, 4.69) is 0 Å². The highest BCUT2D eigenvalue weighted by Crippen LogP contribution is 2.27. The normalized spacial score (nSPS) is 13.0. The third-order valence-corrected chi connectivity index (χ3v) is 3.00. The first-order chi connectivity index (χ1) is 5.65. The molecule has 0 fully saturated rings. The molecule has 0 aromatic carbocycles. The molecule has 68 valence electrons. The molecule has 1 heterocycles. The molecule has 0 aliphatic heterocycles. The van der Waals surface area contributed by atoms with E-state index in [1.54, 1.807) is 11.3 Å². The summed E-state index contributed by atoms with van der Waals surface area (Å²) < 4.78 is 0. The Morgan fingerprint density at radius 2 is 2.25 bits per heavy atom. The highest BCUT2D eigenvalue weighted by Gasteiger charge is 2.08. The Balaban J connectivity index is 2.77. The summed E-state index contributed by atoms with van der Waals surface area (Å²) in [5.41, 5.74) is 5.65. The molecule has 0 aliphatic carbocycles.